The topological polar surface area (TPSA) is 67.5 Å². The zero-order valence-electron chi connectivity index (χ0n) is 6.87. The molecule has 1 rings (SSSR count). The molecule has 1 heterocycles. The summed E-state index contributed by atoms with van der Waals surface area (Å²) < 4.78 is 0.963. The van der Waals surface area contributed by atoms with Gasteiger partial charge in [-0.15, -0.1) is 11.3 Å². The predicted molar refractivity (Wildman–Crippen MR) is 56.9 cm³/mol. The van der Waals surface area contributed by atoms with Crippen molar-refractivity contribution in [2.75, 3.05) is 0 Å². The van der Waals surface area contributed by atoms with Crippen molar-refractivity contribution < 1.29 is 4.79 Å². The zero-order valence-corrected chi connectivity index (χ0v) is 9.28. The van der Waals surface area contributed by atoms with Crippen LogP contribution in [0.2, 0.25) is 0 Å². The molecular weight excluding hydrogens is 254 g/mol. The van der Waals surface area contributed by atoms with Gasteiger partial charge in [0.2, 0.25) is 0 Å². The number of carbonyl (C=O) groups is 1. The van der Waals surface area contributed by atoms with Gasteiger partial charge in [0.25, 0.3) is 0 Å². The number of hydrogen-bond acceptors (Lipinski definition) is 3. The molecule has 0 unspecified atom stereocenters. The Morgan fingerprint density at radius 2 is 2.46 bits per heavy atom. The van der Waals surface area contributed by atoms with Crippen LogP contribution in [0.25, 0.3) is 0 Å². The molecule has 0 saturated heterocycles. The minimum atomic E-state index is -0.660. The SMILES string of the molecule is C/C(=N/NC(N)=O)c1sccc1Br. The van der Waals surface area contributed by atoms with E-state index in [0.29, 0.717) is 0 Å². The highest BCUT2D eigenvalue weighted by molar-refractivity contribution is 9.10. The van der Waals surface area contributed by atoms with Crippen molar-refractivity contribution >= 4 is 39.0 Å². The second-order valence-corrected chi connectivity index (χ2v) is 4.04. The monoisotopic (exact) mass is 261 g/mol. The highest BCUT2D eigenvalue weighted by Crippen LogP contribution is 2.22. The average molecular weight is 262 g/mol. The summed E-state index contributed by atoms with van der Waals surface area (Å²) in [5.74, 6) is 0. The molecule has 0 aliphatic rings. The van der Waals surface area contributed by atoms with Gasteiger partial charge in [0.05, 0.1) is 10.6 Å². The van der Waals surface area contributed by atoms with Crippen LogP contribution in [0, 0.1) is 0 Å². The van der Waals surface area contributed by atoms with Crippen molar-refractivity contribution in [1.29, 1.82) is 0 Å². The molecule has 0 fully saturated rings. The number of nitrogens with zero attached hydrogens (tertiary/aromatic N) is 1. The Bertz CT molecular complexity index is 347. The van der Waals surface area contributed by atoms with Crippen LogP contribution in [-0.4, -0.2) is 11.7 Å². The molecule has 0 spiro atoms. The van der Waals surface area contributed by atoms with Gasteiger partial charge in [-0.05, 0) is 34.3 Å². The number of hydrogen-bond donors (Lipinski definition) is 2. The number of hydrazone groups is 1. The molecule has 13 heavy (non-hydrogen) atoms. The molecule has 0 bridgehead atoms. The molecule has 0 aliphatic heterocycles. The normalized spacial score (nSPS) is 11.4. The van der Waals surface area contributed by atoms with Crippen LogP contribution < -0.4 is 11.2 Å². The van der Waals surface area contributed by atoms with E-state index in [0.717, 1.165) is 15.1 Å². The Hall–Kier alpha value is -0.880. The largest absolute Gasteiger partial charge is 0.350 e. The van der Waals surface area contributed by atoms with Crippen LogP contribution in [0.4, 0.5) is 4.79 Å². The molecule has 1 aromatic heterocycles. The number of rotatable bonds is 2. The smallest absolute Gasteiger partial charge is 0.332 e. The Kier molecular flexibility index (Phi) is 3.44. The fourth-order valence-electron chi connectivity index (χ4n) is 0.742. The minimum Gasteiger partial charge on any atom is -0.350 e. The number of amides is 2. The van der Waals surface area contributed by atoms with Crippen molar-refractivity contribution in [3.8, 4) is 0 Å². The van der Waals surface area contributed by atoms with Gasteiger partial charge >= 0.3 is 6.03 Å². The number of primary amides is 1. The Morgan fingerprint density at radius 1 is 1.77 bits per heavy atom. The number of nitrogens with one attached hydrogen (secondary N) is 1. The van der Waals surface area contributed by atoms with Crippen molar-refractivity contribution in [3.63, 3.8) is 0 Å². The number of urea groups is 1. The number of halogens is 1. The van der Waals surface area contributed by atoms with Crippen molar-refractivity contribution in [2.45, 2.75) is 6.92 Å². The van der Waals surface area contributed by atoms with Gasteiger partial charge in [0.1, 0.15) is 0 Å². The molecule has 0 aromatic carbocycles. The van der Waals surface area contributed by atoms with E-state index < -0.39 is 6.03 Å². The van der Waals surface area contributed by atoms with Gasteiger partial charge in [0.15, 0.2) is 0 Å². The van der Waals surface area contributed by atoms with Gasteiger partial charge in [0, 0.05) is 4.47 Å². The van der Waals surface area contributed by atoms with Gasteiger partial charge in [-0.3, -0.25) is 0 Å². The third kappa shape index (κ3) is 2.82. The van der Waals surface area contributed by atoms with E-state index in [1.54, 1.807) is 6.92 Å². The van der Waals surface area contributed by atoms with E-state index in [2.05, 4.69) is 26.5 Å². The summed E-state index contributed by atoms with van der Waals surface area (Å²) in [4.78, 5) is 11.3. The van der Waals surface area contributed by atoms with E-state index in [1.807, 2.05) is 11.4 Å². The highest BCUT2D eigenvalue weighted by atomic mass is 79.9. The second-order valence-electron chi connectivity index (χ2n) is 2.27. The first-order chi connectivity index (χ1) is 6.11. The van der Waals surface area contributed by atoms with Crippen molar-refractivity contribution in [2.24, 2.45) is 10.8 Å². The van der Waals surface area contributed by atoms with E-state index in [9.17, 15) is 4.79 Å². The van der Waals surface area contributed by atoms with Gasteiger partial charge in [-0.2, -0.15) is 5.10 Å². The summed E-state index contributed by atoms with van der Waals surface area (Å²) in [7, 11) is 0. The van der Waals surface area contributed by atoms with E-state index in [-0.39, 0.29) is 0 Å². The Labute approximate surface area is 88.0 Å². The number of carbonyl (C=O) groups excluding carboxylic acids is 1. The fourth-order valence-corrected chi connectivity index (χ4v) is 2.35. The van der Waals surface area contributed by atoms with Crippen LogP contribution in [0.1, 0.15) is 11.8 Å². The predicted octanol–water partition coefficient (Wildman–Crippen LogP) is 1.90. The first kappa shape index (κ1) is 10.2. The average Bonchev–Trinajstić information content (AvgIpc) is 2.47. The van der Waals surface area contributed by atoms with Gasteiger partial charge in [-0.25, -0.2) is 10.2 Å². The molecule has 0 saturated carbocycles. The van der Waals surface area contributed by atoms with E-state index >= 15 is 0 Å². The Balaban J connectivity index is 2.78. The molecule has 0 atom stereocenters. The lowest BCUT2D eigenvalue weighted by Gasteiger charge is -1.97. The maximum atomic E-state index is 10.4. The number of thiophene rings is 1. The van der Waals surface area contributed by atoms with Crippen molar-refractivity contribution in [1.82, 2.24) is 5.43 Å². The summed E-state index contributed by atoms with van der Waals surface area (Å²) >= 11 is 4.90. The maximum Gasteiger partial charge on any atom is 0.332 e. The molecule has 0 radical (unpaired) electrons. The maximum absolute atomic E-state index is 10.4. The zero-order chi connectivity index (χ0) is 9.84. The molecule has 1 aromatic rings. The summed E-state index contributed by atoms with van der Waals surface area (Å²) in [5, 5.41) is 5.73. The molecular formula is C7H8BrN3OS. The lowest BCUT2D eigenvalue weighted by atomic mass is 10.3. The molecule has 0 aliphatic carbocycles. The lowest BCUT2D eigenvalue weighted by molar-refractivity contribution is 0.249. The lowest BCUT2D eigenvalue weighted by Crippen LogP contribution is -2.25. The Morgan fingerprint density at radius 3 is 2.92 bits per heavy atom. The third-order valence-corrected chi connectivity index (χ3v) is 3.23. The standard InChI is InChI=1S/C7H8BrN3OS/c1-4(10-11-7(9)12)6-5(8)2-3-13-6/h2-3H,1H3,(H3,9,11,12)/b10-4-. The summed E-state index contributed by atoms with van der Waals surface area (Å²) in [6, 6.07) is 1.26. The van der Waals surface area contributed by atoms with E-state index in [1.165, 1.54) is 11.3 Å². The quantitative estimate of drug-likeness (QED) is 0.620. The summed E-state index contributed by atoms with van der Waals surface area (Å²) in [5.41, 5.74) is 7.76. The highest BCUT2D eigenvalue weighted by Gasteiger charge is 2.04. The van der Waals surface area contributed by atoms with Crippen LogP contribution in [0.5, 0.6) is 0 Å². The van der Waals surface area contributed by atoms with Crippen LogP contribution in [0.3, 0.4) is 0 Å². The van der Waals surface area contributed by atoms with Crippen LogP contribution in [0.15, 0.2) is 21.0 Å². The fraction of sp³-hybridized carbons (Fsp3) is 0.143. The molecule has 4 nitrogen and oxygen atoms in total. The molecule has 3 N–H and O–H groups in total. The summed E-state index contributed by atoms with van der Waals surface area (Å²) in [6.45, 7) is 1.80. The van der Waals surface area contributed by atoms with Gasteiger partial charge < -0.3 is 5.73 Å². The van der Waals surface area contributed by atoms with Crippen LogP contribution >= 0.6 is 27.3 Å². The van der Waals surface area contributed by atoms with Crippen molar-refractivity contribution in [3.05, 3.63) is 20.8 Å². The first-order valence-electron chi connectivity index (χ1n) is 3.44. The minimum absolute atomic E-state index is 0.660. The van der Waals surface area contributed by atoms with Crippen LogP contribution in [-0.2, 0) is 0 Å². The van der Waals surface area contributed by atoms with Gasteiger partial charge in [-0.1, -0.05) is 0 Å². The summed E-state index contributed by atoms with van der Waals surface area (Å²) in [6.07, 6.45) is 0. The van der Waals surface area contributed by atoms with E-state index in [4.69, 9.17) is 5.73 Å². The number of nitrogens with two attached hydrogens (primary N) is 1. The molecule has 2 amide bonds. The first-order valence-corrected chi connectivity index (χ1v) is 5.11. The molecule has 6 heteroatoms. The third-order valence-electron chi connectivity index (χ3n) is 1.28. The molecule has 70 valence electrons. The second kappa shape index (κ2) is 4.38.